The minimum atomic E-state index is -0.123. The summed E-state index contributed by atoms with van der Waals surface area (Å²) in [6.07, 6.45) is 5.79. The smallest absolute Gasteiger partial charge is 0.315 e. The highest BCUT2D eigenvalue weighted by Gasteiger charge is 2.21. The van der Waals surface area contributed by atoms with Crippen molar-refractivity contribution in [2.45, 2.75) is 39.8 Å². The van der Waals surface area contributed by atoms with E-state index in [1.165, 1.54) is 0 Å². The number of carbonyl (C=O) groups is 1. The van der Waals surface area contributed by atoms with Gasteiger partial charge in [-0.15, -0.1) is 0 Å². The number of amides is 2. The molecule has 0 atom stereocenters. The van der Waals surface area contributed by atoms with E-state index in [1.54, 1.807) is 10.9 Å². The van der Waals surface area contributed by atoms with Crippen molar-refractivity contribution in [1.29, 1.82) is 0 Å². The molecule has 0 spiro atoms. The number of likely N-dealkylation sites (tertiary alicyclic amines) is 1. The normalized spacial score (nSPS) is 16.0. The van der Waals surface area contributed by atoms with Gasteiger partial charge >= 0.3 is 6.03 Å². The van der Waals surface area contributed by atoms with Crippen molar-refractivity contribution in [2.24, 2.45) is 13.0 Å². The van der Waals surface area contributed by atoms with Crippen LogP contribution in [0.3, 0.4) is 0 Å². The molecule has 142 valence electrons. The molecule has 2 amide bonds. The number of oxazole rings is 1. The molecule has 0 saturated carbocycles. The first-order valence-corrected chi connectivity index (χ1v) is 9.14. The molecule has 0 aromatic carbocycles. The number of aryl methyl sites for hydroxylation is 3. The molecule has 3 heterocycles. The number of urea groups is 1. The van der Waals surface area contributed by atoms with Crippen LogP contribution in [0.5, 0.6) is 0 Å². The maximum absolute atomic E-state index is 11.9. The Labute approximate surface area is 154 Å². The maximum Gasteiger partial charge on any atom is 0.315 e. The van der Waals surface area contributed by atoms with Crippen LogP contribution in [-0.4, -0.2) is 45.3 Å². The molecule has 1 aliphatic heterocycles. The second kappa shape index (κ2) is 8.35. The molecule has 1 saturated heterocycles. The van der Waals surface area contributed by atoms with Crippen LogP contribution in [0.4, 0.5) is 4.79 Å². The van der Waals surface area contributed by atoms with E-state index in [0.29, 0.717) is 19.0 Å². The lowest BCUT2D eigenvalue weighted by molar-refractivity contribution is 0.162. The number of carbonyl (C=O) groups excluding carboxylic acids is 1. The van der Waals surface area contributed by atoms with Gasteiger partial charge < -0.3 is 15.1 Å². The van der Waals surface area contributed by atoms with E-state index >= 15 is 0 Å². The van der Waals surface area contributed by atoms with Crippen LogP contribution in [0.15, 0.2) is 16.8 Å². The van der Waals surface area contributed by atoms with E-state index in [2.05, 4.69) is 25.6 Å². The predicted molar refractivity (Wildman–Crippen MR) is 97.4 cm³/mol. The minimum absolute atomic E-state index is 0.123. The van der Waals surface area contributed by atoms with Gasteiger partial charge in [0.05, 0.1) is 18.4 Å². The summed E-state index contributed by atoms with van der Waals surface area (Å²) in [4.78, 5) is 18.7. The van der Waals surface area contributed by atoms with Gasteiger partial charge in [0.15, 0.2) is 0 Å². The maximum atomic E-state index is 11.9. The van der Waals surface area contributed by atoms with Crippen LogP contribution in [-0.2, 0) is 20.1 Å². The lowest BCUT2D eigenvalue weighted by atomic mass is 9.97. The predicted octanol–water partition coefficient (Wildman–Crippen LogP) is 1.74. The van der Waals surface area contributed by atoms with Gasteiger partial charge in [-0.3, -0.25) is 9.58 Å². The third-order valence-corrected chi connectivity index (χ3v) is 4.90. The molecule has 0 aliphatic carbocycles. The summed E-state index contributed by atoms with van der Waals surface area (Å²) in [5, 5.41) is 9.93. The zero-order valence-electron chi connectivity index (χ0n) is 15.8. The molecule has 1 fully saturated rings. The van der Waals surface area contributed by atoms with E-state index in [9.17, 15) is 4.79 Å². The van der Waals surface area contributed by atoms with E-state index in [1.807, 2.05) is 27.1 Å². The molecule has 8 heteroatoms. The first-order chi connectivity index (χ1) is 12.5. The Morgan fingerprint density at radius 3 is 2.69 bits per heavy atom. The summed E-state index contributed by atoms with van der Waals surface area (Å²) in [7, 11) is 1.86. The van der Waals surface area contributed by atoms with Crippen LogP contribution in [0, 0.1) is 19.8 Å². The first-order valence-electron chi connectivity index (χ1n) is 9.14. The second-order valence-corrected chi connectivity index (χ2v) is 7.05. The first kappa shape index (κ1) is 18.4. The topological polar surface area (TPSA) is 88.2 Å². The zero-order valence-corrected chi connectivity index (χ0v) is 15.8. The van der Waals surface area contributed by atoms with Gasteiger partial charge in [0.1, 0.15) is 5.76 Å². The Morgan fingerprint density at radius 2 is 2.08 bits per heavy atom. The number of hydrogen-bond donors (Lipinski definition) is 2. The molecule has 26 heavy (non-hydrogen) atoms. The third kappa shape index (κ3) is 5.08. The summed E-state index contributed by atoms with van der Waals surface area (Å²) in [5.74, 6) is 2.21. The number of nitrogens with one attached hydrogen (secondary N) is 2. The van der Waals surface area contributed by atoms with Crippen LogP contribution in [0.2, 0.25) is 0 Å². The van der Waals surface area contributed by atoms with Gasteiger partial charge in [0.2, 0.25) is 5.89 Å². The van der Waals surface area contributed by atoms with Crippen molar-refractivity contribution in [1.82, 2.24) is 30.3 Å². The monoisotopic (exact) mass is 360 g/mol. The third-order valence-electron chi connectivity index (χ3n) is 4.90. The van der Waals surface area contributed by atoms with Crippen molar-refractivity contribution in [3.05, 3.63) is 35.3 Å². The quantitative estimate of drug-likeness (QED) is 0.819. The summed E-state index contributed by atoms with van der Waals surface area (Å²) in [6, 6.07) is -0.123. The number of rotatable bonds is 6. The van der Waals surface area contributed by atoms with Gasteiger partial charge in [-0.1, -0.05) is 0 Å². The van der Waals surface area contributed by atoms with Gasteiger partial charge in [0, 0.05) is 31.9 Å². The average Bonchev–Trinajstić information content (AvgIpc) is 3.17. The highest BCUT2D eigenvalue weighted by atomic mass is 16.4. The fraction of sp³-hybridized carbons (Fsp3) is 0.611. The zero-order chi connectivity index (χ0) is 18.5. The highest BCUT2D eigenvalue weighted by molar-refractivity contribution is 5.73. The fourth-order valence-corrected chi connectivity index (χ4v) is 3.19. The van der Waals surface area contributed by atoms with E-state index < -0.39 is 0 Å². The largest absolute Gasteiger partial charge is 0.444 e. The number of hydrogen-bond acceptors (Lipinski definition) is 5. The standard InChI is InChI=1S/C18H28N6O2/c1-13-14(2)26-17(22-13)12-24-6-4-15(5-7-24)8-19-18(25)20-9-16-10-21-23(3)11-16/h10-11,15H,4-9,12H2,1-3H3,(H2,19,20,25). The SMILES string of the molecule is Cc1nc(CN2CCC(CNC(=O)NCc3cnn(C)c3)CC2)oc1C. The molecule has 3 rings (SSSR count). The summed E-state index contributed by atoms with van der Waals surface area (Å²) in [5.41, 5.74) is 1.96. The van der Waals surface area contributed by atoms with Gasteiger partial charge in [-0.25, -0.2) is 9.78 Å². The van der Waals surface area contributed by atoms with E-state index in [-0.39, 0.29) is 6.03 Å². The molecule has 8 nitrogen and oxygen atoms in total. The molecule has 0 radical (unpaired) electrons. The van der Waals surface area contributed by atoms with E-state index in [0.717, 1.165) is 55.4 Å². The molecular weight excluding hydrogens is 332 g/mol. The number of aromatic nitrogens is 3. The second-order valence-electron chi connectivity index (χ2n) is 7.05. The minimum Gasteiger partial charge on any atom is -0.444 e. The van der Waals surface area contributed by atoms with Crippen LogP contribution in [0.1, 0.15) is 35.7 Å². The van der Waals surface area contributed by atoms with Crippen LogP contribution >= 0.6 is 0 Å². The molecule has 2 N–H and O–H groups in total. The van der Waals surface area contributed by atoms with Crippen molar-refractivity contribution in [3.8, 4) is 0 Å². The molecule has 0 bridgehead atoms. The Hall–Kier alpha value is -2.35. The van der Waals surface area contributed by atoms with Crippen molar-refractivity contribution < 1.29 is 9.21 Å². The van der Waals surface area contributed by atoms with Crippen LogP contribution < -0.4 is 10.6 Å². The molecule has 2 aromatic rings. The number of nitrogens with zero attached hydrogens (tertiary/aromatic N) is 4. The van der Waals surface area contributed by atoms with E-state index in [4.69, 9.17) is 4.42 Å². The van der Waals surface area contributed by atoms with Gasteiger partial charge in [-0.05, 0) is 45.7 Å². The molecule has 1 aliphatic rings. The molecule has 0 unspecified atom stereocenters. The molecular formula is C18H28N6O2. The molecule has 2 aromatic heterocycles. The van der Waals surface area contributed by atoms with Crippen LogP contribution in [0.25, 0.3) is 0 Å². The summed E-state index contributed by atoms with van der Waals surface area (Å²) < 4.78 is 7.39. The lowest BCUT2D eigenvalue weighted by Crippen LogP contribution is -2.41. The van der Waals surface area contributed by atoms with Gasteiger partial charge in [-0.2, -0.15) is 5.10 Å². The van der Waals surface area contributed by atoms with Crippen molar-refractivity contribution >= 4 is 6.03 Å². The average molecular weight is 360 g/mol. The summed E-state index contributed by atoms with van der Waals surface area (Å²) >= 11 is 0. The Morgan fingerprint density at radius 1 is 1.31 bits per heavy atom. The lowest BCUT2D eigenvalue weighted by Gasteiger charge is -2.31. The van der Waals surface area contributed by atoms with Gasteiger partial charge in [0.25, 0.3) is 0 Å². The highest BCUT2D eigenvalue weighted by Crippen LogP contribution is 2.19. The van der Waals surface area contributed by atoms with Crippen molar-refractivity contribution in [3.63, 3.8) is 0 Å². The fourth-order valence-electron chi connectivity index (χ4n) is 3.19. The Bertz CT molecular complexity index is 710. The Kier molecular flexibility index (Phi) is 5.92. The van der Waals surface area contributed by atoms with Crippen molar-refractivity contribution in [2.75, 3.05) is 19.6 Å². The summed E-state index contributed by atoms with van der Waals surface area (Å²) in [6.45, 7) is 7.90. The number of piperidine rings is 1. The Balaban J connectivity index is 1.32.